The molecule has 0 amide bonds. The molecule has 0 spiro atoms. The van der Waals surface area contributed by atoms with Gasteiger partial charge in [0.1, 0.15) is 0 Å². The molecule has 1 aliphatic carbocycles. The molecule has 4 N–H and O–H groups in total. The number of aliphatic imine (C=N–C) groups is 2. The van der Waals surface area contributed by atoms with Gasteiger partial charge >= 0.3 is 0 Å². The molecule has 0 unspecified atom stereocenters. The molecule has 4 heteroatoms. The topological polar surface area (TPSA) is 76.8 Å². The van der Waals surface area contributed by atoms with Crippen LogP contribution in [0.25, 0.3) is 0 Å². The smallest absolute Gasteiger partial charge is 0.0643 e. The Labute approximate surface area is 180 Å². The zero-order valence-electron chi connectivity index (χ0n) is 18.5. The quantitative estimate of drug-likeness (QED) is 0.456. The number of nitrogens with two attached hydrogens (primary N) is 2. The van der Waals surface area contributed by atoms with Crippen molar-refractivity contribution in [2.75, 3.05) is 11.5 Å². The summed E-state index contributed by atoms with van der Waals surface area (Å²) < 4.78 is 0. The Balaban J connectivity index is 1.86. The largest absolute Gasteiger partial charge is 0.398 e. The highest BCUT2D eigenvalue weighted by Gasteiger charge is 2.08. The van der Waals surface area contributed by atoms with Gasteiger partial charge in [0.25, 0.3) is 0 Å². The molecule has 156 valence electrons. The van der Waals surface area contributed by atoms with Crippen LogP contribution in [0, 0.1) is 0 Å². The third kappa shape index (κ3) is 4.70. The zero-order chi connectivity index (χ0) is 21.7. The van der Waals surface area contributed by atoms with E-state index in [1.807, 2.05) is 24.3 Å². The molecule has 0 saturated carbocycles. The van der Waals surface area contributed by atoms with E-state index in [2.05, 4.69) is 52.0 Å². The average molecular weight is 401 g/mol. The Hall–Kier alpha value is -3.14. The standard InChI is InChI=1S/C26H32N4/c1-5-17-13-23(14-18(6-2)25(17)27)29-21-9-11-22(12-10-21)30-24-15-19(7-3)26(28)20(8-4)16-24/h9-16H,5-8,27-28H2,1-4H3. The molecule has 2 aromatic carbocycles. The summed E-state index contributed by atoms with van der Waals surface area (Å²) >= 11 is 0. The van der Waals surface area contributed by atoms with Gasteiger partial charge in [0, 0.05) is 11.4 Å². The monoisotopic (exact) mass is 400 g/mol. The molecule has 3 rings (SSSR count). The summed E-state index contributed by atoms with van der Waals surface area (Å²) in [6.07, 6.45) is 11.6. The maximum atomic E-state index is 6.25. The molecule has 0 bridgehead atoms. The van der Waals surface area contributed by atoms with Gasteiger partial charge in [0.2, 0.25) is 0 Å². The van der Waals surface area contributed by atoms with Gasteiger partial charge in [-0.2, -0.15) is 0 Å². The summed E-state index contributed by atoms with van der Waals surface area (Å²) in [6.45, 7) is 8.49. The number of hydrogen-bond acceptors (Lipinski definition) is 4. The second kappa shape index (κ2) is 9.57. The highest BCUT2D eigenvalue weighted by molar-refractivity contribution is 6.19. The van der Waals surface area contributed by atoms with E-state index < -0.39 is 0 Å². The van der Waals surface area contributed by atoms with E-state index in [-0.39, 0.29) is 0 Å². The highest BCUT2D eigenvalue weighted by Crippen LogP contribution is 2.28. The van der Waals surface area contributed by atoms with E-state index in [4.69, 9.17) is 21.5 Å². The van der Waals surface area contributed by atoms with Gasteiger partial charge in [-0.25, -0.2) is 9.98 Å². The Kier molecular flexibility index (Phi) is 6.88. The summed E-state index contributed by atoms with van der Waals surface area (Å²) in [4.78, 5) is 9.60. The second-order valence-corrected chi connectivity index (χ2v) is 7.51. The van der Waals surface area contributed by atoms with Crippen molar-refractivity contribution in [1.82, 2.24) is 0 Å². The fraction of sp³-hybridized carbons (Fsp3) is 0.308. The fourth-order valence-electron chi connectivity index (χ4n) is 3.72. The van der Waals surface area contributed by atoms with E-state index in [9.17, 15) is 0 Å². The molecular weight excluding hydrogens is 368 g/mol. The first-order valence-electron chi connectivity index (χ1n) is 10.8. The normalized spacial score (nSPS) is 13.1. The van der Waals surface area contributed by atoms with Gasteiger partial charge in [-0.05, 0) is 96.5 Å². The minimum atomic E-state index is 0.898. The molecule has 0 aliphatic heterocycles. The van der Waals surface area contributed by atoms with Gasteiger partial charge in [-0.3, -0.25) is 0 Å². The number of benzene rings is 2. The molecule has 0 aromatic heterocycles. The van der Waals surface area contributed by atoms with Crippen LogP contribution in [0.15, 0.2) is 58.6 Å². The molecular formula is C26H32N4. The Morgan fingerprint density at radius 3 is 1.03 bits per heavy atom. The van der Waals surface area contributed by atoms with Crippen molar-refractivity contribution in [1.29, 1.82) is 0 Å². The van der Waals surface area contributed by atoms with Gasteiger partial charge in [0.15, 0.2) is 0 Å². The first kappa shape index (κ1) is 21.6. The summed E-state index contributed by atoms with van der Waals surface area (Å²) in [5.74, 6) is 0. The van der Waals surface area contributed by atoms with Crippen LogP contribution in [0.2, 0.25) is 0 Å². The van der Waals surface area contributed by atoms with Gasteiger partial charge < -0.3 is 11.5 Å². The molecule has 0 heterocycles. The molecule has 2 aromatic rings. The predicted molar refractivity (Wildman–Crippen MR) is 132 cm³/mol. The highest BCUT2D eigenvalue weighted by atomic mass is 14.8. The number of nitrogen functional groups attached to an aromatic ring is 2. The Morgan fingerprint density at radius 2 is 0.800 bits per heavy atom. The number of rotatable bonds is 6. The number of hydrogen-bond donors (Lipinski definition) is 2. The number of anilines is 2. The lowest BCUT2D eigenvalue weighted by Gasteiger charge is -2.11. The lowest BCUT2D eigenvalue weighted by molar-refractivity contribution is 1.09. The molecule has 1 aliphatic rings. The third-order valence-corrected chi connectivity index (χ3v) is 5.56. The number of allylic oxidation sites excluding steroid dienone is 4. The first-order chi connectivity index (χ1) is 14.5. The van der Waals surface area contributed by atoms with E-state index in [0.29, 0.717) is 0 Å². The summed E-state index contributed by atoms with van der Waals surface area (Å²) in [5, 5.41) is 0. The van der Waals surface area contributed by atoms with Crippen molar-refractivity contribution in [2.24, 2.45) is 9.98 Å². The predicted octanol–water partition coefficient (Wildman–Crippen LogP) is 6.07. The van der Waals surface area contributed by atoms with Gasteiger partial charge in [-0.15, -0.1) is 0 Å². The van der Waals surface area contributed by atoms with Crippen LogP contribution in [-0.4, -0.2) is 11.4 Å². The minimum Gasteiger partial charge on any atom is -0.398 e. The van der Waals surface area contributed by atoms with Crippen LogP contribution in [0.3, 0.4) is 0 Å². The van der Waals surface area contributed by atoms with Crippen LogP contribution in [0.5, 0.6) is 0 Å². The van der Waals surface area contributed by atoms with Crippen molar-refractivity contribution in [2.45, 2.75) is 53.4 Å². The maximum Gasteiger partial charge on any atom is 0.0643 e. The van der Waals surface area contributed by atoms with Crippen LogP contribution < -0.4 is 11.5 Å². The van der Waals surface area contributed by atoms with Crippen molar-refractivity contribution in [3.05, 3.63) is 70.8 Å². The lowest BCUT2D eigenvalue weighted by atomic mass is 10.0. The summed E-state index contributed by atoms with van der Waals surface area (Å²) in [6, 6.07) is 8.33. The van der Waals surface area contributed by atoms with Crippen molar-refractivity contribution >= 4 is 34.2 Å². The van der Waals surface area contributed by atoms with E-state index in [1.54, 1.807) is 0 Å². The van der Waals surface area contributed by atoms with Crippen LogP contribution in [0.4, 0.5) is 22.7 Å². The minimum absolute atomic E-state index is 0.898. The van der Waals surface area contributed by atoms with Crippen LogP contribution in [0.1, 0.15) is 49.9 Å². The molecule has 4 nitrogen and oxygen atoms in total. The fourth-order valence-corrected chi connectivity index (χ4v) is 3.72. The lowest BCUT2D eigenvalue weighted by Crippen LogP contribution is -2.01. The van der Waals surface area contributed by atoms with Crippen LogP contribution >= 0.6 is 0 Å². The third-order valence-electron chi connectivity index (χ3n) is 5.56. The van der Waals surface area contributed by atoms with Crippen LogP contribution in [-0.2, 0) is 25.7 Å². The number of aryl methyl sites for hydroxylation is 4. The Bertz CT molecular complexity index is 903. The molecule has 0 radical (unpaired) electrons. The Morgan fingerprint density at radius 1 is 0.533 bits per heavy atom. The first-order valence-corrected chi connectivity index (χ1v) is 10.8. The average Bonchev–Trinajstić information content (AvgIpc) is 2.77. The summed E-state index contributed by atoms with van der Waals surface area (Å²) in [7, 11) is 0. The van der Waals surface area contributed by atoms with E-state index >= 15 is 0 Å². The molecule has 30 heavy (non-hydrogen) atoms. The zero-order valence-corrected chi connectivity index (χ0v) is 18.5. The van der Waals surface area contributed by atoms with Crippen molar-refractivity contribution in [3.63, 3.8) is 0 Å². The number of nitrogens with zero attached hydrogens (tertiary/aromatic N) is 2. The maximum absolute atomic E-state index is 6.25. The molecule has 0 fully saturated rings. The molecule has 0 atom stereocenters. The van der Waals surface area contributed by atoms with E-state index in [1.165, 1.54) is 0 Å². The SMILES string of the molecule is CCc1cc(N=C2C=CC(=Nc3cc(CC)c(N)c(CC)c3)C=C2)cc(CC)c1N. The second-order valence-electron chi connectivity index (χ2n) is 7.51. The molecule has 0 saturated heterocycles. The summed E-state index contributed by atoms with van der Waals surface area (Å²) in [5.41, 5.74) is 22.6. The van der Waals surface area contributed by atoms with E-state index in [0.717, 1.165) is 82.1 Å². The van der Waals surface area contributed by atoms with Crippen molar-refractivity contribution in [3.8, 4) is 0 Å². The van der Waals surface area contributed by atoms with Crippen molar-refractivity contribution < 1.29 is 0 Å². The van der Waals surface area contributed by atoms with Gasteiger partial charge in [-0.1, -0.05) is 27.7 Å². The van der Waals surface area contributed by atoms with Gasteiger partial charge in [0.05, 0.1) is 22.8 Å².